The fourth-order valence-electron chi connectivity index (χ4n) is 1.85. The summed E-state index contributed by atoms with van der Waals surface area (Å²) in [6, 6.07) is 9.80. The van der Waals surface area contributed by atoms with Gasteiger partial charge in [-0.2, -0.15) is 0 Å². The number of hydrogen-bond acceptors (Lipinski definition) is 4. The van der Waals surface area contributed by atoms with Gasteiger partial charge in [0, 0.05) is 35.2 Å². The average molecular weight is 257 g/mol. The minimum atomic E-state index is -1.08. The van der Waals surface area contributed by atoms with Crippen molar-refractivity contribution in [2.24, 2.45) is 0 Å². The van der Waals surface area contributed by atoms with E-state index in [-0.39, 0.29) is 6.42 Å². The second kappa shape index (κ2) is 4.27. The molecule has 4 nitrogen and oxygen atoms in total. The predicted octanol–water partition coefficient (Wildman–Crippen LogP) is 1.36. The number of carbonyl (C=O) groups excluding carboxylic acids is 1. The van der Waals surface area contributed by atoms with Crippen LogP contribution in [0.25, 0.3) is 16.2 Å². The van der Waals surface area contributed by atoms with Crippen LogP contribution >= 0.6 is 11.3 Å². The van der Waals surface area contributed by atoms with Gasteiger partial charge >= 0.3 is 0 Å². The Labute approximate surface area is 107 Å². The average Bonchev–Trinajstić information content (AvgIpc) is 2.92. The van der Waals surface area contributed by atoms with Crippen molar-refractivity contribution in [2.75, 3.05) is 0 Å². The molecule has 0 saturated carbocycles. The smallest absolute Gasteiger partial charge is 0.194 e. The Morgan fingerprint density at radius 1 is 1.33 bits per heavy atom. The minimum absolute atomic E-state index is 0.0927. The zero-order valence-corrected chi connectivity index (χ0v) is 10.2. The Bertz CT molecular complexity index is 700. The standard InChI is InChI=1S/C13H10N2O2S/c16-12(17)6-10-8-18-13-14-11(7-15(10)13)9-4-2-1-3-5-9/h1-5,7-8H,6H2,(H,16,17)/p-1. The molecule has 0 saturated heterocycles. The van der Waals surface area contributed by atoms with Gasteiger partial charge in [0.2, 0.25) is 0 Å². The molecular formula is C13H9N2O2S-. The number of aliphatic carboxylic acids is 1. The van der Waals surface area contributed by atoms with Gasteiger partial charge in [-0.05, 0) is 0 Å². The summed E-state index contributed by atoms with van der Waals surface area (Å²) in [5, 5.41) is 12.4. The van der Waals surface area contributed by atoms with Gasteiger partial charge in [-0.25, -0.2) is 4.98 Å². The van der Waals surface area contributed by atoms with Gasteiger partial charge in [-0.15, -0.1) is 11.3 Å². The van der Waals surface area contributed by atoms with E-state index >= 15 is 0 Å². The molecule has 18 heavy (non-hydrogen) atoms. The molecule has 3 rings (SSSR count). The highest BCUT2D eigenvalue weighted by atomic mass is 32.1. The Kier molecular flexibility index (Phi) is 2.60. The van der Waals surface area contributed by atoms with E-state index < -0.39 is 5.97 Å². The van der Waals surface area contributed by atoms with E-state index in [9.17, 15) is 9.90 Å². The first-order valence-corrected chi connectivity index (χ1v) is 6.33. The number of nitrogens with zero attached hydrogens (tertiary/aromatic N) is 2. The number of imidazole rings is 1. The van der Waals surface area contributed by atoms with E-state index in [1.807, 2.05) is 40.9 Å². The highest BCUT2D eigenvalue weighted by Crippen LogP contribution is 2.23. The predicted molar refractivity (Wildman–Crippen MR) is 67.2 cm³/mol. The molecule has 0 unspecified atom stereocenters. The zero-order chi connectivity index (χ0) is 12.5. The van der Waals surface area contributed by atoms with Crippen molar-refractivity contribution in [1.82, 2.24) is 9.38 Å². The summed E-state index contributed by atoms with van der Waals surface area (Å²) in [4.78, 5) is 15.9. The molecule has 2 heterocycles. The molecule has 1 aromatic carbocycles. The molecule has 90 valence electrons. The van der Waals surface area contributed by atoms with Crippen molar-refractivity contribution in [3.63, 3.8) is 0 Å². The molecule has 0 amide bonds. The van der Waals surface area contributed by atoms with Crippen molar-refractivity contribution < 1.29 is 9.90 Å². The van der Waals surface area contributed by atoms with E-state index in [1.54, 1.807) is 5.38 Å². The molecule has 0 atom stereocenters. The number of benzene rings is 1. The van der Waals surface area contributed by atoms with Crippen molar-refractivity contribution in [3.05, 3.63) is 47.6 Å². The van der Waals surface area contributed by atoms with E-state index in [0.717, 1.165) is 16.2 Å². The molecular weight excluding hydrogens is 248 g/mol. The largest absolute Gasteiger partial charge is 0.550 e. The lowest BCUT2D eigenvalue weighted by Gasteiger charge is -1.99. The van der Waals surface area contributed by atoms with E-state index in [2.05, 4.69) is 4.98 Å². The summed E-state index contributed by atoms with van der Waals surface area (Å²) < 4.78 is 1.81. The summed E-state index contributed by atoms with van der Waals surface area (Å²) in [6.45, 7) is 0. The normalized spacial score (nSPS) is 10.9. The van der Waals surface area contributed by atoms with Crippen LogP contribution in [0, 0.1) is 0 Å². The Balaban J connectivity index is 2.07. The molecule has 0 aliphatic heterocycles. The fraction of sp³-hybridized carbons (Fsp3) is 0.0769. The van der Waals surface area contributed by atoms with Crippen LogP contribution in [0.15, 0.2) is 41.9 Å². The van der Waals surface area contributed by atoms with Crippen molar-refractivity contribution in [2.45, 2.75) is 6.42 Å². The van der Waals surface area contributed by atoms with Gasteiger partial charge in [-0.1, -0.05) is 30.3 Å². The van der Waals surface area contributed by atoms with E-state index in [4.69, 9.17) is 0 Å². The number of thiazole rings is 1. The van der Waals surface area contributed by atoms with Crippen molar-refractivity contribution in [3.8, 4) is 11.3 Å². The minimum Gasteiger partial charge on any atom is -0.550 e. The Morgan fingerprint density at radius 2 is 2.11 bits per heavy atom. The summed E-state index contributed by atoms with van der Waals surface area (Å²) >= 11 is 1.43. The van der Waals surface area contributed by atoms with Crippen LogP contribution in [0.5, 0.6) is 0 Å². The number of fused-ring (bicyclic) bond motifs is 1. The molecule has 0 radical (unpaired) electrons. The van der Waals surface area contributed by atoms with Gasteiger partial charge in [0.05, 0.1) is 5.69 Å². The zero-order valence-electron chi connectivity index (χ0n) is 9.37. The van der Waals surface area contributed by atoms with Gasteiger partial charge in [-0.3, -0.25) is 4.40 Å². The first kappa shape index (κ1) is 11.0. The molecule has 0 aliphatic carbocycles. The van der Waals surface area contributed by atoms with Crippen molar-refractivity contribution >= 4 is 22.3 Å². The maximum absolute atomic E-state index is 10.6. The SMILES string of the molecule is O=C([O-])Cc1csc2nc(-c3ccccc3)cn12. The highest BCUT2D eigenvalue weighted by molar-refractivity contribution is 7.15. The second-order valence-electron chi connectivity index (χ2n) is 3.92. The van der Waals surface area contributed by atoms with Crippen LogP contribution in [0.1, 0.15) is 5.69 Å². The summed E-state index contributed by atoms with van der Waals surface area (Å²) in [5.74, 6) is -1.08. The van der Waals surface area contributed by atoms with Crippen molar-refractivity contribution in [1.29, 1.82) is 0 Å². The van der Waals surface area contributed by atoms with Crippen LogP contribution in [0.3, 0.4) is 0 Å². The molecule has 2 aromatic heterocycles. The summed E-state index contributed by atoms with van der Waals surface area (Å²) in [6.07, 6.45) is 1.77. The van der Waals surface area contributed by atoms with Crippen LogP contribution in [-0.4, -0.2) is 15.4 Å². The van der Waals surface area contributed by atoms with Gasteiger partial charge < -0.3 is 9.90 Å². The molecule has 0 spiro atoms. The molecule has 0 bridgehead atoms. The van der Waals surface area contributed by atoms with Crippen LogP contribution in [-0.2, 0) is 11.2 Å². The summed E-state index contributed by atoms with van der Waals surface area (Å²) in [7, 11) is 0. The lowest BCUT2D eigenvalue weighted by molar-refractivity contribution is -0.304. The van der Waals surface area contributed by atoms with Gasteiger partial charge in [0.25, 0.3) is 0 Å². The van der Waals surface area contributed by atoms with Crippen LogP contribution < -0.4 is 5.11 Å². The highest BCUT2D eigenvalue weighted by Gasteiger charge is 2.09. The quantitative estimate of drug-likeness (QED) is 0.711. The number of rotatable bonds is 3. The molecule has 3 aromatic rings. The lowest BCUT2D eigenvalue weighted by atomic mass is 10.2. The second-order valence-corrected chi connectivity index (χ2v) is 4.76. The number of carboxylic acid groups (broad SMARTS) is 1. The van der Waals surface area contributed by atoms with Crippen LogP contribution in [0.2, 0.25) is 0 Å². The summed E-state index contributed by atoms with van der Waals surface area (Å²) in [5.41, 5.74) is 2.57. The number of carbonyl (C=O) groups is 1. The number of carboxylic acids is 1. The maximum Gasteiger partial charge on any atom is 0.194 e. The fourth-order valence-corrected chi connectivity index (χ4v) is 2.73. The molecule has 0 aliphatic rings. The van der Waals surface area contributed by atoms with E-state index in [1.165, 1.54) is 11.3 Å². The first-order chi connectivity index (χ1) is 8.74. The third kappa shape index (κ3) is 1.89. The number of aromatic nitrogens is 2. The third-order valence-electron chi connectivity index (χ3n) is 2.68. The molecule has 0 N–H and O–H groups in total. The molecule has 5 heteroatoms. The lowest BCUT2D eigenvalue weighted by Crippen LogP contribution is -2.24. The topological polar surface area (TPSA) is 57.4 Å². The number of hydrogen-bond donors (Lipinski definition) is 0. The van der Waals surface area contributed by atoms with Crippen LogP contribution in [0.4, 0.5) is 0 Å². The Morgan fingerprint density at radius 3 is 2.83 bits per heavy atom. The maximum atomic E-state index is 10.6. The third-order valence-corrected chi connectivity index (χ3v) is 3.57. The van der Waals surface area contributed by atoms with E-state index in [0.29, 0.717) is 5.69 Å². The first-order valence-electron chi connectivity index (χ1n) is 5.45. The molecule has 0 fully saturated rings. The van der Waals surface area contributed by atoms with Gasteiger partial charge in [0.15, 0.2) is 4.96 Å². The monoisotopic (exact) mass is 257 g/mol. The Hall–Kier alpha value is -2.14. The van der Waals surface area contributed by atoms with Gasteiger partial charge in [0.1, 0.15) is 0 Å².